The largest absolute Gasteiger partial charge is 0.490 e. The van der Waals surface area contributed by atoms with Gasteiger partial charge in [-0.15, -0.1) is 0 Å². The minimum atomic E-state index is -3.33. The van der Waals surface area contributed by atoms with Crippen molar-refractivity contribution in [2.24, 2.45) is 11.8 Å². The Hall–Kier alpha value is -2.20. The molecule has 2 aliphatic heterocycles. The molecule has 188 valence electrons. The number of halogens is 1. The Bertz CT molecular complexity index is 1010. The molecule has 1 aliphatic carbocycles. The second-order valence-corrected chi connectivity index (χ2v) is 12.2. The molecule has 1 atom stereocenters. The van der Waals surface area contributed by atoms with Gasteiger partial charge in [-0.3, -0.25) is 10.1 Å². The number of likely N-dealkylation sites (tertiary alicyclic amines) is 1. The highest BCUT2D eigenvalue weighted by atomic mass is 32.2. The quantitative estimate of drug-likeness (QED) is 0.334. The monoisotopic (exact) mass is 495 g/mol. The third kappa shape index (κ3) is 6.69. The average Bonchev–Trinajstić information content (AvgIpc) is 3.52. The molecule has 34 heavy (non-hydrogen) atoms. The maximum absolute atomic E-state index is 14.3. The molecule has 0 radical (unpaired) electrons. The van der Waals surface area contributed by atoms with Crippen LogP contribution in [0.1, 0.15) is 43.6 Å². The number of nitrogens with one attached hydrogen (secondary N) is 1. The van der Waals surface area contributed by atoms with E-state index in [-0.39, 0.29) is 47.6 Å². The predicted octanol–water partition coefficient (Wildman–Crippen LogP) is 2.40. The number of imide groups is 1. The van der Waals surface area contributed by atoms with Crippen LogP contribution in [0.5, 0.6) is 5.75 Å². The highest BCUT2D eigenvalue weighted by Gasteiger charge is 2.35. The van der Waals surface area contributed by atoms with Crippen molar-refractivity contribution in [3.05, 3.63) is 29.6 Å². The minimum absolute atomic E-state index is 0.0300. The van der Waals surface area contributed by atoms with Crippen LogP contribution in [0.2, 0.25) is 0 Å². The number of urea groups is 1. The summed E-state index contributed by atoms with van der Waals surface area (Å²) in [6.45, 7) is 2.63. The Morgan fingerprint density at radius 3 is 2.59 bits per heavy atom. The molecule has 3 amide bonds. The highest BCUT2D eigenvalue weighted by molar-refractivity contribution is 7.91. The van der Waals surface area contributed by atoms with Crippen LogP contribution in [0, 0.1) is 17.7 Å². The smallest absolute Gasteiger partial charge is 0.324 e. The predicted molar refractivity (Wildman–Crippen MR) is 126 cm³/mol. The molecule has 10 heteroatoms. The first-order chi connectivity index (χ1) is 16.2. The molecule has 4 rings (SSSR count). The van der Waals surface area contributed by atoms with Gasteiger partial charge in [0.15, 0.2) is 21.4 Å². The van der Waals surface area contributed by atoms with E-state index in [2.05, 4.69) is 10.2 Å². The molecule has 3 aliphatic rings. The topological polar surface area (TPSA) is 96.0 Å². The summed E-state index contributed by atoms with van der Waals surface area (Å²) in [5.74, 6) is 0.0965. The number of amides is 3. The summed E-state index contributed by atoms with van der Waals surface area (Å²) in [4.78, 5) is 26.4. The van der Waals surface area contributed by atoms with Crippen molar-refractivity contribution in [3.63, 3.8) is 0 Å². The second kappa shape index (κ2) is 10.6. The van der Waals surface area contributed by atoms with Gasteiger partial charge < -0.3 is 14.5 Å². The molecule has 1 aromatic carbocycles. The van der Waals surface area contributed by atoms with Crippen LogP contribution in [0.3, 0.4) is 0 Å². The van der Waals surface area contributed by atoms with Crippen molar-refractivity contribution in [1.82, 2.24) is 15.1 Å². The van der Waals surface area contributed by atoms with Gasteiger partial charge >= 0.3 is 6.03 Å². The van der Waals surface area contributed by atoms with E-state index in [0.29, 0.717) is 38.3 Å². The summed E-state index contributed by atoms with van der Waals surface area (Å²) in [7, 11) is -1.32. The van der Waals surface area contributed by atoms with E-state index >= 15 is 0 Å². The van der Waals surface area contributed by atoms with Crippen LogP contribution in [0.4, 0.5) is 9.18 Å². The summed E-state index contributed by atoms with van der Waals surface area (Å²) < 4.78 is 46.0. The van der Waals surface area contributed by atoms with E-state index in [1.807, 2.05) is 7.05 Å². The standard InChI is InChI=1S/C24H34FN3O5S/c1-27-12-19(13-27)20(18-7-8-21(25)22(11-18)33-15-17-5-6-17)16-34(31,32)10-4-2-3-9-28-14-23(29)26-24(28)30/h7-8,11,17,19-20H,2-6,9-10,12-16H2,1H3,(H,26,29,30)/t20-/m0/s1. The Kier molecular flexibility index (Phi) is 7.77. The maximum atomic E-state index is 14.3. The fourth-order valence-corrected chi connectivity index (χ4v) is 6.50. The molecule has 2 saturated heterocycles. The van der Waals surface area contributed by atoms with E-state index in [1.165, 1.54) is 11.0 Å². The number of hydrogen-bond acceptors (Lipinski definition) is 6. The molecule has 3 fully saturated rings. The number of carbonyl (C=O) groups excluding carboxylic acids is 2. The van der Waals surface area contributed by atoms with E-state index in [0.717, 1.165) is 31.5 Å². The van der Waals surface area contributed by atoms with Crippen molar-refractivity contribution in [2.45, 2.75) is 38.0 Å². The second-order valence-electron chi connectivity index (χ2n) is 9.98. The van der Waals surface area contributed by atoms with Crippen LogP contribution in [0.25, 0.3) is 0 Å². The zero-order chi connectivity index (χ0) is 24.3. The van der Waals surface area contributed by atoms with E-state index in [4.69, 9.17) is 4.74 Å². The van der Waals surface area contributed by atoms with Crippen LogP contribution in [-0.4, -0.2) is 81.5 Å². The summed E-state index contributed by atoms with van der Waals surface area (Å²) >= 11 is 0. The Labute approximate surface area is 200 Å². The number of ether oxygens (including phenoxy) is 1. The maximum Gasteiger partial charge on any atom is 0.324 e. The molecular formula is C24H34FN3O5S. The fraction of sp³-hybridized carbons (Fsp3) is 0.667. The van der Waals surface area contributed by atoms with Gasteiger partial charge in [-0.1, -0.05) is 12.5 Å². The molecule has 1 N–H and O–H groups in total. The number of nitrogens with zero attached hydrogens (tertiary/aromatic N) is 2. The lowest BCUT2D eigenvalue weighted by Crippen LogP contribution is -2.48. The Morgan fingerprint density at radius 1 is 1.18 bits per heavy atom. The molecule has 1 saturated carbocycles. The summed E-state index contributed by atoms with van der Waals surface area (Å²) in [6, 6.07) is 4.39. The molecule has 2 heterocycles. The third-order valence-corrected chi connectivity index (χ3v) is 8.68. The SMILES string of the molecule is CN1CC([C@@H](CS(=O)(=O)CCCCCN2CC(=O)NC2=O)c2ccc(F)c(OCC3CC3)c2)C1. The first-order valence-electron chi connectivity index (χ1n) is 12.1. The molecule has 8 nitrogen and oxygen atoms in total. The molecular weight excluding hydrogens is 461 g/mol. The van der Waals surface area contributed by atoms with Gasteiger partial charge in [-0.25, -0.2) is 17.6 Å². The van der Waals surface area contributed by atoms with E-state index in [9.17, 15) is 22.4 Å². The molecule has 0 spiro atoms. The number of rotatable bonds is 13. The van der Waals surface area contributed by atoms with Gasteiger partial charge in [-0.2, -0.15) is 0 Å². The van der Waals surface area contributed by atoms with Gasteiger partial charge in [0.2, 0.25) is 5.91 Å². The first-order valence-corrected chi connectivity index (χ1v) is 13.9. The number of hydrogen-bond donors (Lipinski definition) is 1. The van der Waals surface area contributed by atoms with Gasteiger partial charge in [0.25, 0.3) is 0 Å². The van der Waals surface area contributed by atoms with Gasteiger partial charge in [-0.05, 0) is 62.3 Å². The van der Waals surface area contributed by atoms with Crippen molar-refractivity contribution in [2.75, 3.05) is 51.3 Å². The van der Waals surface area contributed by atoms with Crippen molar-refractivity contribution >= 4 is 21.8 Å². The molecule has 0 unspecified atom stereocenters. The lowest BCUT2D eigenvalue weighted by molar-refractivity contribution is -0.118. The van der Waals surface area contributed by atoms with E-state index < -0.39 is 15.7 Å². The summed E-state index contributed by atoms with van der Waals surface area (Å²) in [5.41, 5.74) is 0.818. The molecule has 1 aromatic rings. The van der Waals surface area contributed by atoms with Gasteiger partial charge in [0, 0.05) is 25.6 Å². The van der Waals surface area contributed by atoms with E-state index in [1.54, 1.807) is 12.1 Å². The number of unbranched alkanes of at least 4 members (excludes halogenated alkanes) is 2. The average molecular weight is 496 g/mol. The molecule has 0 aromatic heterocycles. The van der Waals surface area contributed by atoms with Crippen LogP contribution in [0.15, 0.2) is 18.2 Å². The summed E-state index contributed by atoms with van der Waals surface area (Å²) in [5, 5.41) is 2.23. The Balaban J connectivity index is 1.32. The van der Waals surface area contributed by atoms with Crippen molar-refractivity contribution in [1.29, 1.82) is 0 Å². The fourth-order valence-electron chi connectivity index (χ4n) is 4.68. The third-order valence-electron chi connectivity index (χ3n) is 6.90. The normalized spacial score (nSPS) is 20.4. The lowest BCUT2D eigenvalue weighted by Gasteiger charge is -2.41. The van der Waals surface area contributed by atoms with Gasteiger partial charge in [0.1, 0.15) is 6.54 Å². The number of benzene rings is 1. The number of sulfone groups is 1. The number of carbonyl (C=O) groups is 2. The van der Waals surface area contributed by atoms with Crippen LogP contribution < -0.4 is 10.1 Å². The minimum Gasteiger partial charge on any atom is -0.490 e. The Morgan fingerprint density at radius 2 is 1.94 bits per heavy atom. The van der Waals surface area contributed by atoms with Crippen molar-refractivity contribution < 1.29 is 27.1 Å². The van der Waals surface area contributed by atoms with Gasteiger partial charge in [0.05, 0.1) is 18.1 Å². The lowest BCUT2D eigenvalue weighted by atomic mass is 9.82. The highest BCUT2D eigenvalue weighted by Crippen LogP contribution is 2.36. The summed E-state index contributed by atoms with van der Waals surface area (Å²) in [6.07, 6.45) is 4.03. The first kappa shape index (κ1) is 24.9. The van der Waals surface area contributed by atoms with Crippen molar-refractivity contribution in [3.8, 4) is 5.75 Å². The van der Waals surface area contributed by atoms with Crippen LogP contribution >= 0.6 is 0 Å². The zero-order valence-electron chi connectivity index (χ0n) is 19.7. The molecule has 0 bridgehead atoms. The van der Waals surface area contributed by atoms with Crippen LogP contribution in [-0.2, 0) is 14.6 Å². The zero-order valence-corrected chi connectivity index (χ0v) is 20.5.